The lowest BCUT2D eigenvalue weighted by Crippen LogP contribution is -2.59. The molecule has 1 fully saturated rings. The number of rotatable bonds is 4. The van der Waals surface area contributed by atoms with Crippen LogP contribution in [0.1, 0.15) is 0 Å². The second kappa shape index (κ2) is 5.94. The lowest BCUT2D eigenvalue weighted by atomic mass is 10.1. The highest BCUT2D eigenvalue weighted by Crippen LogP contribution is 2.30. The molecule has 0 unspecified atom stereocenters. The van der Waals surface area contributed by atoms with Crippen LogP contribution in [0.4, 0.5) is 5.69 Å². The third-order valence-corrected chi connectivity index (χ3v) is 4.39. The Kier molecular flexibility index (Phi) is 3.61. The molecule has 126 valence electrons. The van der Waals surface area contributed by atoms with E-state index in [2.05, 4.69) is 37.8 Å². The molecule has 3 aromatic rings. The third-order valence-electron chi connectivity index (χ3n) is 4.39. The fourth-order valence-electron chi connectivity index (χ4n) is 3.02. The van der Waals surface area contributed by atoms with Gasteiger partial charge in [-0.3, -0.25) is 9.59 Å². The van der Waals surface area contributed by atoms with E-state index >= 15 is 0 Å². The molecule has 0 radical (unpaired) electrons. The minimum atomic E-state index is -0.149. The number of anilines is 1. The van der Waals surface area contributed by atoms with Gasteiger partial charge in [0.05, 0.1) is 17.9 Å². The standard InChI is InChI=1S/C18H17N5O2/c1-2-16(24)22-12-9-23(10-12)13-5-14-15(8-21-18(14)20-7-13)11-3-4-17(25)19-6-11/h2-8,12H,1,9-10H2,(H,19,25)(H,20,21)(H,22,24). The Morgan fingerprint density at radius 3 is 2.88 bits per heavy atom. The number of amides is 1. The monoisotopic (exact) mass is 335 g/mol. The second-order valence-electron chi connectivity index (χ2n) is 6.05. The van der Waals surface area contributed by atoms with Gasteiger partial charge in [0.15, 0.2) is 0 Å². The smallest absolute Gasteiger partial charge is 0.247 e. The Labute approximate surface area is 143 Å². The van der Waals surface area contributed by atoms with E-state index in [9.17, 15) is 9.59 Å². The molecule has 25 heavy (non-hydrogen) atoms. The highest BCUT2D eigenvalue weighted by molar-refractivity contribution is 5.95. The largest absolute Gasteiger partial charge is 0.366 e. The number of nitrogens with one attached hydrogen (secondary N) is 3. The molecule has 0 atom stereocenters. The van der Waals surface area contributed by atoms with Crippen molar-refractivity contribution in [3.05, 3.63) is 59.8 Å². The number of H-pyrrole nitrogens is 2. The number of carbonyl (C=O) groups is 1. The molecule has 1 amide bonds. The van der Waals surface area contributed by atoms with Gasteiger partial charge in [0.1, 0.15) is 5.65 Å². The summed E-state index contributed by atoms with van der Waals surface area (Å²) < 4.78 is 0. The maximum Gasteiger partial charge on any atom is 0.247 e. The van der Waals surface area contributed by atoms with Crippen molar-refractivity contribution in [1.29, 1.82) is 0 Å². The molecule has 3 N–H and O–H groups in total. The third kappa shape index (κ3) is 2.80. The zero-order valence-corrected chi connectivity index (χ0v) is 13.5. The first-order valence-corrected chi connectivity index (χ1v) is 7.98. The summed E-state index contributed by atoms with van der Waals surface area (Å²) >= 11 is 0. The van der Waals surface area contributed by atoms with Crippen LogP contribution in [0.2, 0.25) is 0 Å². The molecule has 3 aromatic heterocycles. The first kappa shape index (κ1) is 15.2. The molecule has 0 aliphatic carbocycles. The molecule has 0 bridgehead atoms. The summed E-state index contributed by atoms with van der Waals surface area (Å²) in [6.07, 6.45) is 6.69. The number of aromatic nitrogens is 3. The van der Waals surface area contributed by atoms with Crippen molar-refractivity contribution in [2.45, 2.75) is 6.04 Å². The van der Waals surface area contributed by atoms with Crippen LogP contribution >= 0.6 is 0 Å². The van der Waals surface area contributed by atoms with Crippen LogP contribution in [0.5, 0.6) is 0 Å². The Balaban J connectivity index is 1.59. The van der Waals surface area contributed by atoms with Crippen LogP contribution in [0, 0.1) is 0 Å². The minimum absolute atomic E-state index is 0.129. The van der Waals surface area contributed by atoms with E-state index in [1.54, 1.807) is 12.3 Å². The summed E-state index contributed by atoms with van der Waals surface area (Å²) in [4.78, 5) is 35.1. The van der Waals surface area contributed by atoms with E-state index in [0.29, 0.717) is 0 Å². The first-order valence-electron chi connectivity index (χ1n) is 7.98. The quantitative estimate of drug-likeness (QED) is 0.628. The number of carbonyl (C=O) groups excluding carboxylic acids is 1. The molecule has 0 spiro atoms. The number of hydrogen-bond acceptors (Lipinski definition) is 4. The molecule has 7 heteroatoms. The summed E-state index contributed by atoms with van der Waals surface area (Å²) in [5.74, 6) is -0.149. The van der Waals surface area contributed by atoms with Crippen LogP contribution in [0.25, 0.3) is 22.2 Å². The van der Waals surface area contributed by atoms with Gasteiger partial charge in [-0.2, -0.15) is 0 Å². The molecular formula is C18H17N5O2. The van der Waals surface area contributed by atoms with Gasteiger partial charge in [-0.15, -0.1) is 0 Å². The van der Waals surface area contributed by atoms with E-state index in [1.807, 2.05) is 12.4 Å². The lowest BCUT2D eigenvalue weighted by molar-refractivity contribution is -0.117. The Morgan fingerprint density at radius 2 is 2.16 bits per heavy atom. The van der Waals surface area contributed by atoms with Crippen molar-refractivity contribution in [2.75, 3.05) is 18.0 Å². The number of aromatic amines is 2. The minimum Gasteiger partial charge on any atom is -0.366 e. The fourth-order valence-corrected chi connectivity index (χ4v) is 3.02. The maximum absolute atomic E-state index is 11.3. The predicted octanol–water partition coefficient (Wildman–Crippen LogP) is 1.41. The molecule has 7 nitrogen and oxygen atoms in total. The molecule has 0 saturated carbocycles. The van der Waals surface area contributed by atoms with E-state index in [4.69, 9.17) is 0 Å². The first-order chi connectivity index (χ1) is 12.1. The fraction of sp³-hybridized carbons (Fsp3) is 0.167. The van der Waals surface area contributed by atoms with Crippen LogP contribution in [0.3, 0.4) is 0 Å². The van der Waals surface area contributed by atoms with Gasteiger partial charge >= 0.3 is 0 Å². The topological polar surface area (TPSA) is 93.9 Å². The summed E-state index contributed by atoms with van der Waals surface area (Å²) in [5, 5.41) is 3.87. The Bertz CT molecular complexity index is 993. The van der Waals surface area contributed by atoms with Gasteiger partial charge in [0, 0.05) is 48.1 Å². The van der Waals surface area contributed by atoms with Crippen molar-refractivity contribution in [3.8, 4) is 11.1 Å². The van der Waals surface area contributed by atoms with Crippen molar-refractivity contribution < 1.29 is 4.79 Å². The number of fused-ring (bicyclic) bond motifs is 1. The van der Waals surface area contributed by atoms with Crippen molar-refractivity contribution in [1.82, 2.24) is 20.3 Å². The van der Waals surface area contributed by atoms with Crippen molar-refractivity contribution in [3.63, 3.8) is 0 Å². The Morgan fingerprint density at radius 1 is 1.32 bits per heavy atom. The summed E-state index contributed by atoms with van der Waals surface area (Å²) in [6.45, 7) is 4.94. The molecule has 1 saturated heterocycles. The van der Waals surface area contributed by atoms with Crippen LogP contribution in [-0.2, 0) is 4.79 Å². The van der Waals surface area contributed by atoms with E-state index in [1.165, 1.54) is 12.1 Å². The summed E-state index contributed by atoms with van der Waals surface area (Å²) in [5.41, 5.74) is 3.57. The average molecular weight is 335 g/mol. The summed E-state index contributed by atoms with van der Waals surface area (Å²) in [6, 6.07) is 5.50. The van der Waals surface area contributed by atoms with Gasteiger partial charge < -0.3 is 20.2 Å². The SMILES string of the molecule is C=CC(=O)NC1CN(c2cnc3[nH]cc(-c4ccc(=O)[nH]c4)c3c2)C1. The molecule has 1 aliphatic heterocycles. The van der Waals surface area contributed by atoms with Crippen LogP contribution < -0.4 is 15.8 Å². The van der Waals surface area contributed by atoms with Gasteiger partial charge in [-0.1, -0.05) is 6.58 Å². The Hall–Kier alpha value is -3.35. The van der Waals surface area contributed by atoms with Gasteiger partial charge in [-0.25, -0.2) is 4.98 Å². The molecule has 4 heterocycles. The zero-order valence-electron chi connectivity index (χ0n) is 13.5. The van der Waals surface area contributed by atoms with E-state index in [0.717, 1.165) is 40.9 Å². The van der Waals surface area contributed by atoms with Crippen molar-refractivity contribution in [2.24, 2.45) is 0 Å². The molecule has 0 aromatic carbocycles. The zero-order chi connectivity index (χ0) is 17.4. The number of nitrogens with zero attached hydrogens (tertiary/aromatic N) is 2. The highest BCUT2D eigenvalue weighted by atomic mass is 16.1. The van der Waals surface area contributed by atoms with Crippen molar-refractivity contribution >= 4 is 22.6 Å². The van der Waals surface area contributed by atoms with Gasteiger partial charge in [0.2, 0.25) is 11.5 Å². The molecular weight excluding hydrogens is 318 g/mol. The molecule has 4 rings (SSSR count). The number of pyridine rings is 2. The maximum atomic E-state index is 11.3. The average Bonchev–Trinajstić information content (AvgIpc) is 3.01. The lowest BCUT2D eigenvalue weighted by Gasteiger charge is -2.40. The molecule has 1 aliphatic rings. The highest BCUT2D eigenvalue weighted by Gasteiger charge is 2.28. The normalized spacial score (nSPS) is 14.3. The summed E-state index contributed by atoms with van der Waals surface area (Å²) in [7, 11) is 0. The van der Waals surface area contributed by atoms with Crippen LogP contribution in [0.15, 0.2) is 54.2 Å². The van der Waals surface area contributed by atoms with Gasteiger partial charge in [-0.05, 0) is 18.2 Å². The number of hydrogen-bond donors (Lipinski definition) is 3. The van der Waals surface area contributed by atoms with E-state index in [-0.39, 0.29) is 17.5 Å². The second-order valence-corrected chi connectivity index (χ2v) is 6.05. The predicted molar refractivity (Wildman–Crippen MR) is 96.5 cm³/mol. The van der Waals surface area contributed by atoms with E-state index < -0.39 is 0 Å². The van der Waals surface area contributed by atoms with Gasteiger partial charge in [0.25, 0.3) is 0 Å². The van der Waals surface area contributed by atoms with Crippen LogP contribution in [-0.4, -0.2) is 40.0 Å².